The molecule has 23 heavy (non-hydrogen) atoms. The number of hydrogen-bond donors (Lipinski definition) is 1. The Morgan fingerprint density at radius 3 is 3.00 bits per heavy atom. The summed E-state index contributed by atoms with van der Waals surface area (Å²) in [6.45, 7) is 3.45. The van der Waals surface area contributed by atoms with Crippen molar-refractivity contribution >= 4 is 17.3 Å². The number of rotatable bonds is 5. The maximum absolute atomic E-state index is 5.50. The highest BCUT2D eigenvalue weighted by atomic mass is 32.1. The van der Waals surface area contributed by atoms with E-state index in [0.29, 0.717) is 12.5 Å². The predicted octanol–water partition coefficient (Wildman–Crippen LogP) is 2.70. The molecule has 0 unspecified atom stereocenters. The van der Waals surface area contributed by atoms with E-state index in [2.05, 4.69) is 42.9 Å². The third-order valence-corrected chi connectivity index (χ3v) is 4.79. The number of nitrogens with zero attached hydrogens (tertiary/aromatic N) is 4. The number of anilines is 1. The van der Waals surface area contributed by atoms with E-state index in [9.17, 15) is 0 Å². The van der Waals surface area contributed by atoms with E-state index in [1.165, 1.54) is 10.4 Å². The van der Waals surface area contributed by atoms with Crippen molar-refractivity contribution in [3.63, 3.8) is 0 Å². The zero-order chi connectivity index (χ0) is 15.5. The SMILES string of the molecule is c1cnc(NCc2noc3c2CN(Cc2cccs2)CC3)nc1. The van der Waals surface area contributed by atoms with E-state index < -0.39 is 0 Å². The van der Waals surface area contributed by atoms with Crippen LogP contribution in [0.5, 0.6) is 0 Å². The second-order valence-electron chi connectivity index (χ2n) is 5.50. The van der Waals surface area contributed by atoms with E-state index in [1.807, 2.05) is 0 Å². The van der Waals surface area contributed by atoms with Gasteiger partial charge in [0.15, 0.2) is 0 Å². The number of thiophene rings is 1. The first-order chi connectivity index (χ1) is 11.4. The molecule has 0 radical (unpaired) electrons. The lowest BCUT2D eigenvalue weighted by atomic mass is 10.1. The van der Waals surface area contributed by atoms with E-state index in [4.69, 9.17) is 4.52 Å². The summed E-state index contributed by atoms with van der Waals surface area (Å²) in [6, 6.07) is 6.08. The van der Waals surface area contributed by atoms with Gasteiger partial charge in [-0.3, -0.25) is 4.90 Å². The highest BCUT2D eigenvalue weighted by molar-refractivity contribution is 7.09. The van der Waals surface area contributed by atoms with Crippen LogP contribution >= 0.6 is 11.3 Å². The van der Waals surface area contributed by atoms with Crippen molar-refractivity contribution < 1.29 is 4.52 Å². The van der Waals surface area contributed by atoms with Gasteiger partial charge in [-0.05, 0) is 17.5 Å². The van der Waals surface area contributed by atoms with Crippen molar-refractivity contribution in [3.8, 4) is 0 Å². The van der Waals surface area contributed by atoms with Crippen molar-refractivity contribution in [1.29, 1.82) is 0 Å². The van der Waals surface area contributed by atoms with Gasteiger partial charge in [0, 0.05) is 48.9 Å². The van der Waals surface area contributed by atoms with Gasteiger partial charge in [-0.1, -0.05) is 11.2 Å². The number of aromatic nitrogens is 3. The molecule has 1 aliphatic rings. The molecule has 0 bridgehead atoms. The van der Waals surface area contributed by atoms with E-state index in [-0.39, 0.29) is 0 Å². The lowest BCUT2D eigenvalue weighted by Crippen LogP contribution is -2.29. The van der Waals surface area contributed by atoms with Crippen LogP contribution in [0.1, 0.15) is 21.9 Å². The lowest BCUT2D eigenvalue weighted by molar-refractivity contribution is 0.230. The van der Waals surface area contributed by atoms with Crippen LogP contribution in [0.2, 0.25) is 0 Å². The molecule has 3 aromatic heterocycles. The minimum Gasteiger partial charge on any atom is -0.361 e. The summed E-state index contributed by atoms with van der Waals surface area (Å²) < 4.78 is 5.50. The first-order valence-corrected chi connectivity index (χ1v) is 8.48. The molecular formula is C16H17N5OS. The maximum Gasteiger partial charge on any atom is 0.222 e. The average Bonchev–Trinajstić information content (AvgIpc) is 3.23. The Morgan fingerprint density at radius 2 is 2.17 bits per heavy atom. The highest BCUT2D eigenvalue weighted by Gasteiger charge is 2.24. The molecule has 0 fully saturated rings. The first kappa shape index (κ1) is 14.3. The molecule has 118 valence electrons. The summed E-state index contributed by atoms with van der Waals surface area (Å²) in [7, 11) is 0. The molecule has 0 saturated heterocycles. The molecular weight excluding hydrogens is 310 g/mol. The van der Waals surface area contributed by atoms with Gasteiger partial charge in [0.1, 0.15) is 11.5 Å². The molecule has 7 heteroatoms. The monoisotopic (exact) mass is 327 g/mol. The summed E-state index contributed by atoms with van der Waals surface area (Å²) in [5, 5.41) is 9.55. The smallest absolute Gasteiger partial charge is 0.222 e. The summed E-state index contributed by atoms with van der Waals surface area (Å²) >= 11 is 1.80. The van der Waals surface area contributed by atoms with Gasteiger partial charge in [-0.25, -0.2) is 9.97 Å². The fraction of sp³-hybridized carbons (Fsp3) is 0.312. The number of nitrogens with one attached hydrogen (secondary N) is 1. The second-order valence-corrected chi connectivity index (χ2v) is 6.53. The molecule has 4 rings (SSSR count). The van der Waals surface area contributed by atoms with Gasteiger partial charge in [0.05, 0.1) is 6.54 Å². The molecule has 6 nitrogen and oxygen atoms in total. The van der Waals surface area contributed by atoms with Crippen molar-refractivity contribution in [2.45, 2.75) is 26.1 Å². The van der Waals surface area contributed by atoms with Crippen LogP contribution in [0.15, 0.2) is 40.5 Å². The van der Waals surface area contributed by atoms with E-state index in [0.717, 1.165) is 37.5 Å². The van der Waals surface area contributed by atoms with Crippen LogP contribution in [0.3, 0.4) is 0 Å². The summed E-state index contributed by atoms with van der Waals surface area (Å²) in [5.41, 5.74) is 2.15. The van der Waals surface area contributed by atoms with Crippen molar-refractivity contribution in [1.82, 2.24) is 20.0 Å². The van der Waals surface area contributed by atoms with Gasteiger partial charge in [-0.15, -0.1) is 11.3 Å². The van der Waals surface area contributed by atoms with E-state index >= 15 is 0 Å². The highest BCUT2D eigenvalue weighted by Crippen LogP contribution is 2.25. The molecule has 0 saturated carbocycles. The quantitative estimate of drug-likeness (QED) is 0.777. The maximum atomic E-state index is 5.50. The van der Waals surface area contributed by atoms with Crippen LogP contribution in [0, 0.1) is 0 Å². The summed E-state index contributed by atoms with van der Waals surface area (Å²) in [4.78, 5) is 12.2. The number of fused-ring (bicyclic) bond motifs is 1. The van der Waals surface area contributed by atoms with Crippen LogP contribution < -0.4 is 5.32 Å². The van der Waals surface area contributed by atoms with Crippen LogP contribution in [-0.4, -0.2) is 26.6 Å². The van der Waals surface area contributed by atoms with Crippen molar-refractivity contribution in [2.24, 2.45) is 0 Å². The van der Waals surface area contributed by atoms with Gasteiger partial charge in [0.25, 0.3) is 0 Å². The number of hydrogen-bond acceptors (Lipinski definition) is 7. The van der Waals surface area contributed by atoms with E-state index in [1.54, 1.807) is 29.8 Å². The Kier molecular flexibility index (Phi) is 4.04. The molecule has 1 aliphatic heterocycles. The average molecular weight is 327 g/mol. The molecule has 3 aromatic rings. The Morgan fingerprint density at radius 1 is 1.26 bits per heavy atom. The molecule has 0 spiro atoms. The van der Waals surface area contributed by atoms with Crippen molar-refractivity contribution in [2.75, 3.05) is 11.9 Å². The molecule has 0 amide bonds. The molecule has 0 aliphatic carbocycles. The third kappa shape index (κ3) is 3.25. The Bertz CT molecular complexity index is 756. The normalized spacial score (nSPS) is 14.6. The minimum absolute atomic E-state index is 0.579. The summed E-state index contributed by atoms with van der Waals surface area (Å²) in [5.74, 6) is 1.62. The standard InChI is InChI=1S/C16H17N5OS/c1-3-12(23-8-1)10-21-7-4-15-13(11-21)14(20-22-15)9-19-16-17-5-2-6-18-16/h1-3,5-6,8H,4,7,9-11H2,(H,17,18,19). The van der Waals surface area contributed by atoms with Gasteiger partial charge < -0.3 is 9.84 Å². The Balaban J connectivity index is 1.44. The van der Waals surface area contributed by atoms with Crippen LogP contribution in [-0.2, 0) is 26.1 Å². The van der Waals surface area contributed by atoms with Crippen LogP contribution in [0.25, 0.3) is 0 Å². The largest absolute Gasteiger partial charge is 0.361 e. The predicted molar refractivity (Wildman–Crippen MR) is 88.0 cm³/mol. The van der Waals surface area contributed by atoms with Crippen molar-refractivity contribution in [3.05, 3.63) is 57.9 Å². The van der Waals surface area contributed by atoms with Gasteiger partial charge in [-0.2, -0.15) is 0 Å². The fourth-order valence-electron chi connectivity index (χ4n) is 2.77. The molecule has 0 atom stereocenters. The van der Waals surface area contributed by atoms with Gasteiger partial charge in [0.2, 0.25) is 5.95 Å². The minimum atomic E-state index is 0.579. The summed E-state index contributed by atoms with van der Waals surface area (Å²) in [6.07, 6.45) is 4.35. The first-order valence-electron chi connectivity index (χ1n) is 7.60. The van der Waals surface area contributed by atoms with Crippen LogP contribution in [0.4, 0.5) is 5.95 Å². The molecule has 0 aromatic carbocycles. The zero-order valence-electron chi connectivity index (χ0n) is 12.6. The Labute approximate surface area is 138 Å². The Hall–Kier alpha value is -2.25. The molecule has 1 N–H and O–H groups in total. The topological polar surface area (TPSA) is 67.1 Å². The lowest BCUT2D eigenvalue weighted by Gasteiger charge is -2.25. The fourth-order valence-corrected chi connectivity index (χ4v) is 3.52. The third-order valence-electron chi connectivity index (χ3n) is 3.93. The zero-order valence-corrected chi connectivity index (χ0v) is 13.4. The van der Waals surface area contributed by atoms with Gasteiger partial charge >= 0.3 is 0 Å². The molecule has 4 heterocycles. The second kappa shape index (κ2) is 6.47.